The maximum Gasteiger partial charge on any atom is 0.157 e. The maximum atomic E-state index is 6.34. The molecule has 2 heterocycles. The Morgan fingerprint density at radius 3 is 2.36 bits per heavy atom. The summed E-state index contributed by atoms with van der Waals surface area (Å²) in [6.07, 6.45) is 1.59. The van der Waals surface area contributed by atoms with Crippen molar-refractivity contribution in [3.8, 4) is 0 Å². The van der Waals surface area contributed by atoms with Gasteiger partial charge < -0.3 is 16.0 Å². The summed E-state index contributed by atoms with van der Waals surface area (Å²) in [6, 6.07) is 10.6. The summed E-state index contributed by atoms with van der Waals surface area (Å²) in [7, 11) is 0. The van der Waals surface area contributed by atoms with Gasteiger partial charge in [-0.1, -0.05) is 30.3 Å². The van der Waals surface area contributed by atoms with Gasteiger partial charge in [0.05, 0.1) is 0 Å². The number of piperazine rings is 1. The van der Waals surface area contributed by atoms with Gasteiger partial charge in [0.25, 0.3) is 0 Å². The summed E-state index contributed by atoms with van der Waals surface area (Å²) in [4.78, 5) is 13.5. The van der Waals surface area contributed by atoms with Crippen LogP contribution in [0.15, 0.2) is 36.7 Å². The summed E-state index contributed by atoms with van der Waals surface area (Å²) in [5.74, 6) is 1.55. The van der Waals surface area contributed by atoms with Crippen LogP contribution in [0.3, 0.4) is 0 Å². The highest BCUT2D eigenvalue weighted by Gasteiger charge is 2.22. The summed E-state index contributed by atoms with van der Waals surface area (Å²) in [5, 5.41) is 3.36. The molecule has 3 N–H and O–H groups in total. The zero-order valence-corrected chi connectivity index (χ0v) is 15.4. The third kappa shape index (κ3) is 4.60. The van der Waals surface area contributed by atoms with Crippen molar-refractivity contribution in [2.24, 2.45) is 0 Å². The Kier molecular flexibility index (Phi) is 5.08. The van der Waals surface area contributed by atoms with Crippen LogP contribution >= 0.6 is 0 Å². The van der Waals surface area contributed by atoms with Gasteiger partial charge in [0.2, 0.25) is 0 Å². The Morgan fingerprint density at radius 1 is 1.04 bits per heavy atom. The summed E-state index contributed by atoms with van der Waals surface area (Å²) >= 11 is 0. The standard InChI is InChI=1S/C19H28N6/c1-19(2,3)23-17-16(20)18(22-14-21-17)25-11-9-24(10-12-25)13-15-7-5-4-6-8-15/h4-8,14H,9-13,20H2,1-3H3,(H,21,22,23). The molecule has 0 unspecified atom stereocenters. The fourth-order valence-corrected chi connectivity index (χ4v) is 3.05. The highest BCUT2D eigenvalue weighted by atomic mass is 15.3. The van der Waals surface area contributed by atoms with Gasteiger partial charge in [-0.25, -0.2) is 9.97 Å². The molecule has 0 bridgehead atoms. The van der Waals surface area contributed by atoms with Crippen LogP contribution in [0.5, 0.6) is 0 Å². The second-order valence-electron chi connectivity index (χ2n) is 7.58. The molecule has 2 aromatic rings. The molecule has 1 saturated heterocycles. The Morgan fingerprint density at radius 2 is 1.72 bits per heavy atom. The van der Waals surface area contributed by atoms with Crippen molar-refractivity contribution in [1.29, 1.82) is 0 Å². The third-order valence-corrected chi connectivity index (χ3v) is 4.28. The number of aromatic nitrogens is 2. The van der Waals surface area contributed by atoms with Crippen molar-refractivity contribution in [2.45, 2.75) is 32.9 Å². The molecule has 0 spiro atoms. The van der Waals surface area contributed by atoms with Gasteiger partial charge in [-0.15, -0.1) is 0 Å². The lowest BCUT2D eigenvalue weighted by atomic mass is 10.1. The molecule has 0 radical (unpaired) electrons. The SMILES string of the molecule is CC(C)(C)Nc1ncnc(N2CCN(Cc3ccccc3)CC2)c1N. The second kappa shape index (κ2) is 7.27. The van der Waals surface area contributed by atoms with Crippen molar-refractivity contribution < 1.29 is 0 Å². The van der Waals surface area contributed by atoms with Gasteiger partial charge in [-0.3, -0.25) is 4.90 Å². The number of rotatable bonds is 4. The number of nitrogen functional groups attached to an aromatic ring is 1. The second-order valence-corrected chi connectivity index (χ2v) is 7.58. The molecule has 1 aromatic heterocycles. The number of anilines is 3. The average Bonchev–Trinajstić information content (AvgIpc) is 2.57. The van der Waals surface area contributed by atoms with Crippen LogP contribution < -0.4 is 16.0 Å². The fraction of sp³-hybridized carbons (Fsp3) is 0.474. The van der Waals surface area contributed by atoms with E-state index >= 15 is 0 Å². The normalized spacial score (nSPS) is 16.0. The van der Waals surface area contributed by atoms with Crippen LogP contribution in [0, 0.1) is 0 Å². The summed E-state index contributed by atoms with van der Waals surface area (Å²) in [6.45, 7) is 11.1. The minimum absolute atomic E-state index is 0.0892. The third-order valence-electron chi connectivity index (χ3n) is 4.28. The molecular formula is C19H28N6. The molecule has 1 aromatic carbocycles. The predicted octanol–water partition coefficient (Wildman–Crippen LogP) is 2.59. The summed E-state index contributed by atoms with van der Waals surface area (Å²) < 4.78 is 0. The monoisotopic (exact) mass is 340 g/mol. The fourth-order valence-electron chi connectivity index (χ4n) is 3.05. The van der Waals surface area contributed by atoms with Crippen LogP contribution in [0.1, 0.15) is 26.3 Å². The van der Waals surface area contributed by atoms with Crippen molar-refractivity contribution in [3.05, 3.63) is 42.2 Å². The van der Waals surface area contributed by atoms with Crippen LogP contribution in [0.4, 0.5) is 17.3 Å². The van der Waals surface area contributed by atoms with Crippen LogP contribution in [0.25, 0.3) is 0 Å². The first-order valence-corrected chi connectivity index (χ1v) is 8.82. The van der Waals surface area contributed by atoms with E-state index in [0.717, 1.165) is 38.5 Å². The highest BCUT2D eigenvalue weighted by Crippen LogP contribution is 2.28. The van der Waals surface area contributed by atoms with Gasteiger partial charge in [-0.05, 0) is 26.3 Å². The highest BCUT2D eigenvalue weighted by molar-refractivity contribution is 5.75. The number of nitrogens with two attached hydrogens (primary N) is 1. The molecule has 1 aliphatic rings. The largest absolute Gasteiger partial charge is 0.393 e. The topological polar surface area (TPSA) is 70.3 Å². The number of benzene rings is 1. The summed E-state index contributed by atoms with van der Waals surface area (Å²) in [5.41, 5.74) is 8.24. The molecule has 25 heavy (non-hydrogen) atoms. The van der Waals surface area contributed by atoms with E-state index < -0.39 is 0 Å². The van der Waals surface area contributed by atoms with E-state index in [2.05, 4.69) is 76.2 Å². The first-order chi connectivity index (χ1) is 11.9. The van der Waals surface area contributed by atoms with Crippen molar-refractivity contribution >= 4 is 17.3 Å². The van der Waals surface area contributed by atoms with E-state index in [1.807, 2.05) is 0 Å². The molecule has 0 atom stereocenters. The lowest BCUT2D eigenvalue weighted by molar-refractivity contribution is 0.249. The Balaban J connectivity index is 1.64. The van der Waals surface area contributed by atoms with Gasteiger partial charge >= 0.3 is 0 Å². The lowest BCUT2D eigenvalue weighted by Gasteiger charge is -2.36. The maximum absolute atomic E-state index is 6.34. The van der Waals surface area contributed by atoms with E-state index in [1.54, 1.807) is 6.33 Å². The molecule has 1 fully saturated rings. The quantitative estimate of drug-likeness (QED) is 0.891. The molecule has 0 aliphatic carbocycles. The van der Waals surface area contributed by atoms with Crippen LogP contribution in [0.2, 0.25) is 0 Å². The number of nitrogens with zero attached hydrogens (tertiary/aromatic N) is 4. The Labute approximate surface area is 150 Å². The number of hydrogen-bond acceptors (Lipinski definition) is 6. The van der Waals surface area contributed by atoms with E-state index in [1.165, 1.54) is 5.56 Å². The first kappa shape index (κ1) is 17.5. The zero-order valence-electron chi connectivity index (χ0n) is 15.4. The Hall–Kier alpha value is -2.34. The molecular weight excluding hydrogens is 312 g/mol. The van der Waals surface area contributed by atoms with Crippen LogP contribution in [-0.4, -0.2) is 46.6 Å². The molecule has 0 amide bonds. The van der Waals surface area contributed by atoms with Gasteiger partial charge in [-0.2, -0.15) is 0 Å². The van der Waals surface area contributed by atoms with E-state index in [4.69, 9.17) is 5.73 Å². The number of hydrogen-bond donors (Lipinski definition) is 2. The van der Waals surface area contributed by atoms with Crippen LogP contribution in [-0.2, 0) is 6.54 Å². The molecule has 0 saturated carbocycles. The molecule has 134 valence electrons. The van der Waals surface area contributed by atoms with Crippen molar-refractivity contribution in [3.63, 3.8) is 0 Å². The molecule has 1 aliphatic heterocycles. The molecule has 3 rings (SSSR count). The average molecular weight is 340 g/mol. The minimum atomic E-state index is -0.0892. The van der Waals surface area contributed by atoms with E-state index in [9.17, 15) is 0 Å². The number of nitrogens with one attached hydrogen (secondary N) is 1. The van der Waals surface area contributed by atoms with E-state index in [-0.39, 0.29) is 5.54 Å². The zero-order chi connectivity index (χ0) is 17.9. The van der Waals surface area contributed by atoms with Gasteiger partial charge in [0.1, 0.15) is 12.0 Å². The Bertz CT molecular complexity index is 687. The van der Waals surface area contributed by atoms with Crippen molar-refractivity contribution in [2.75, 3.05) is 42.1 Å². The minimum Gasteiger partial charge on any atom is -0.393 e. The smallest absolute Gasteiger partial charge is 0.157 e. The molecule has 6 nitrogen and oxygen atoms in total. The van der Waals surface area contributed by atoms with Gasteiger partial charge in [0, 0.05) is 38.3 Å². The lowest BCUT2D eigenvalue weighted by Crippen LogP contribution is -2.46. The predicted molar refractivity (Wildman–Crippen MR) is 104 cm³/mol. The molecule has 6 heteroatoms. The van der Waals surface area contributed by atoms with E-state index in [0.29, 0.717) is 11.5 Å². The van der Waals surface area contributed by atoms with Crippen molar-refractivity contribution in [1.82, 2.24) is 14.9 Å². The first-order valence-electron chi connectivity index (χ1n) is 8.82. The van der Waals surface area contributed by atoms with Gasteiger partial charge in [0.15, 0.2) is 11.6 Å².